The molecule has 1 heterocycles. The van der Waals surface area contributed by atoms with Crippen LogP contribution in [0.15, 0.2) is 30.5 Å². The Balaban J connectivity index is 1.61. The van der Waals surface area contributed by atoms with E-state index in [1.807, 2.05) is 0 Å². The Labute approximate surface area is 169 Å². The van der Waals surface area contributed by atoms with Gasteiger partial charge in [-0.1, -0.05) is 0 Å². The molecule has 1 aliphatic carbocycles. The SMILES string of the molecule is CCOC(=O)Oc1nc(NC(=O)Nc2ccc(OC(F)(F)F)cc2)cn1CC1CC1. The largest absolute Gasteiger partial charge is 0.573 e. The van der Waals surface area contributed by atoms with E-state index in [1.54, 1.807) is 11.5 Å². The molecule has 1 fully saturated rings. The Bertz CT molecular complexity index is 894. The highest BCUT2D eigenvalue weighted by molar-refractivity contribution is 5.99. The third-order valence-corrected chi connectivity index (χ3v) is 3.92. The standard InChI is InChI=1S/C18H19F3N4O5/c1-2-28-17(27)29-16-24-14(10-25(16)9-11-3-4-11)23-15(26)22-12-5-7-13(8-6-12)30-18(19,20)21/h5-8,10-11H,2-4,9H2,1H3,(H2,22,23,26). The Morgan fingerprint density at radius 1 is 1.20 bits per heavy atom. The summed E-state index contributed by atoms with van der Waals surface area (Å²) in [6, 6.07) is 3.95. The number of ether oxygens (including phenoxy) is 3. The van der Waals surface area contributed by atoms with Crippen LogP contribution in [-0.2, 0) is 11.3 Å². The number of anilines is 2. The molecule has 0 radical (unpaired) electrons. The quantitative estimate of drug-likeness (QED) is 0.635. The summed E-state index contributed by atoms with van der Waals surface area (Å²) in [6.07, 6.45) is -2.08. The molecule has 2 aromatic rings. The summed E-state index contributed by atoms with van der Waals surface area (Å²) in [5.74, 6) is 0.167. The molecule has 9 nitrogen and oxygen atoms in total. The first-order valence-corrected chi connectivity index (χ1v) is 9.07. The van der Waals surface area contributed by atoms with E-state index < -0.39 is 24.3 Å². The number of benzene rings is 1. The minimum absolute atomic E-state index is 0.00991. The second-order valence-corrected chi connectivity index (χ2v) is 6.44. The molecule has 1 aromatic heterocycles. The second kappa shape index (κ2) is 8.93. The van der Waals surface area contributed by atoms with Crippen LogP contribution in [0, 0.1) is 5.92 Å². The minimum atomic E-state index is -4.80. The maximum absolute atomic E-state index is 12.2. The van der Waals surface area contributed by atoms with E-state index in [1.165, 1.54) is 18.3 Å². The summed E-state index contributed by atoms with van der Waals surface area (Å²) >= 11 is 0. The summed E-state index contributed by atoms with van der Waals surface area (Å²) in [7, 11) is 0. The number of rotatable bonds is 7. The van der Waals surface area contributed by atoms with Crippen molar-refractivity contribution in [3.63, 3.8) is 0 Å². The number of urea groups is 1. The molecule has 0 aliphatic heterocycles. The molecule has 3 rings (SSSR count). The first kappa shape index (κ1) is 21.3. The maximum Gasteiger partial charge on any atom is 0.573 e. The highest BCUT2D eigenvalue weighted by atomic mass is 19.4. The van der Waals surface area contributed by atoms with Crippen LogP contribution in [0.3, 0.4) is 0 Å². The van der Waals surface area contributed by atoms with E-state index in [-0.39, 0.29) is 24.1 Å². The van der Waals surface area contributed by atoms with Crippen LogP contribution in [0.25, 0.3) is 0 Å². The third-order valence-electron chi connectivity index (χ3n) is 3.92. The van der Waals surface area contributed by atoms with Crippen molar-refractivity contribution < 1.29 is 37.0 Å². The van der Waals surface area contributed by atoms with Gasteiger partial charge in [0.05, 0.1) is 12.8 Å². The number of imidazole rings is 1. The molecule has 1 aromatic carbocycles. The average molecular weight is 428 g/mol. The molecule has 0 bridgehead atoms. The number of hydrogen-bond acceptors (Lipinski definition) is 6. The van der Waals surface area contributed by atoms with Crippen LogP contribution in [0.5, 0.6) is 11.8 Å². The van der Waals surface area contributed by atoms with E-state index in [2.05, 4.69) is 20.4 Å². The van der Waals surface area contributed by atoms with E-state index in [4.69, 9.17) is 9.47 Å². The fourth-order valence-electron chi connectivity index (χ4n) is 2.49. The zero-order chi connectivity index (χ0) is 21.7. The molecule has 162 valence electrons. The Morgan fingerprint density at radius 2 is 1.90 bits per heavy atom. The number of hydrogen-bond donors (Lipinski definition) is 2. The molecular weight excluding hydrogens is 409 g/mol. The molecule has 30 heavy (non-hydrogen) atoms. The Hall–Kier alpha value is -3.44. The first-order valence-electron chi connectivity index (χ1n) is 9.07. The lowest BCUT2D eigenvalue weighted by Crippen LogP contribution is -2.20. The van der Waals surface area contributed by atoms with Crippen LogP contribution in [0.1, 0.15) is 19.8 Å². The van der Waals surface area contributed by atoms with Crippen LogP contribution < -0.4 is 20.1 Å². The van der Waals surface area contributed by atoms with E-state index >= 15 is 0 Å². The monoisotopic (exact) mass is 428 g/mol. The molecule has 1 saturated carbocycles. The topological polar surface area (TPSA) is 104 Å². The third kappa shape index (κ3) is 6.57. The van der Waals surface area contributed by atoms with Crippen molar-refractivity contribution in [1.29, 1.82) is 0 Å². The summed E-state index contributed by atoms with van der Waals surface area (Å²) in [6.45, 7) is 2.35. The van der Waals surface area contributed by atoms with Gasteiger partial charge in [-0.25, -0.2) is 9.59 Å². The number of nitrogens with zero attached hydrogens (tertiary/aromatic N) is 2. The predicted molar refractivity (Wildman–Crippen MR) is 98.4 cm³/mol. The van der Waals surface area contributed by atoms with Crippen molar-refractivity contribution in [3.05, 3.63) is 30.5 Å². The molecule has 2 N–H and O–H groups in total. The normalized spacial score (nSPS) is 13.5. The maximum atomic E-state index is 12.2. The van der Waals surface area contributed by atoms with Gasteiger partial charge in [0.2, 0.25) is 0 Å². The first-order chi connectivity index (χ1) is 14.2. The molecule has 0 saturated heterocycles. The number of carbonyl (C=O) groups is 2. The number of nitrogens with one attached hydrogen (secondary N) is 2. The van der Waals surface area contributed by atoms with Crippen molar-refractivity contribution in [2.75, 3.05) is 17.2 Å². The van der Waals surface area contributed by atoms with Gasteiger partial charge in [0.15, 0.2) is 5.82 Å². The smallest absolute Gasteiger partial charge is 0.434 e. The lowest BCUT2D eigenvalue weighted by atomic mass is 10.3. The average Bonchev–Trinajstić information content (AvgIpc) is 3.38. The Morgan fingerprint density at radius 3 is 2.50 bits per heavy atom. The highest BCUT2D eigenvalue weighted by Gasteiger charge is 2.31. The van der Waals surface area contributed by atoms with Gasteiger partial charge in [-0.05, 0) is 49.9 Å². The van der Waals surface area contributed by atoms with Gasteiger partial charge in [-0.2, -0.15) is 4.98 Å². The molecular formula is C18H19F3N4O5. The van der Waals surface area contributed by atoms with Gasteiger partial charge in [0.25, 0.3) is 0 Å². The molecule has 12 heteroatoms. The van der Waals surface area contributed by atoms with Crippen molar-refractivity contribution in [2.24, 2.45) is 5.92 Å². The van der Waals surface area contributed by atoms with Gasteiger partial charge < -0.3 is 19.5 Å². The van der Waals surface area contributed by atoms with Gasteiger partial charge >= 0.3 is 24.6 Å². The Kier molecular flexibility index (Phi) is 6.33. The zero-order valence-corrected chi connectivity index (χ0v) is 15.9. The molecule has 0 unspecified atom stereocenters. The van der Waals surface area contributed by atoms with Crippen molar-refractivity contribution >= 4 is 23.7 Å². The van der Waals surface area contributed by atoms with Gasteiger partial charge in [-0.15, -0.1) is 13.2 Å². The van der Waals surface area contributed by atoms with E-state index in [0.29, 0.717) is 12.5 Å². The number of amides is 2. The number of aromatic nitrogens is 2. The van der Waals surface area contributed by atoms with Crippen LogP contribution in [0.2, 0.25) is 0 Å². The predicted octanol–water partition coefficient (Wildman–Crippen LogP) is 4.37. The summed E-state index contributed by atoms with van der Waals surface area (Å²) in [5.41, 5.74) is 0.238. The highest BCUT2D eigenvalue weighted by Crippen LogP contribution is 2.32. The molecule has 0 spiro atoms. The van der Waals surface area contributed by atoms with Crippen molar-refractivity contribution in [1.82, 2.24) is 9.55 Å². The summed E-state index contributed by atoms with van der Waals surface area (Å²) < 4.78 is 51.7. The number of alkyl halides is 3. The van der Waals surface area contributed by atoms with Crippen LogP contribution in [-0.4, -0.2) is 34.7 Å². The van der Waals surface area contributed by atoms with E-state index in [0.717, 1.165) is 25.0 Å². The second-order valence-electron chi connectivity index (χ2n) is 6.44. The summed E-state index contributed by atoms with van der Waals surface area (Å²) in [4.78, 5) is 27.8. The lowest BCUT2D eigenvalue weighted by Gasteiger charge is -2.10. The van der Waals surface area contributed by atoms with Crippen LogP contribution in [0.4, 0.5) is 34.3 Å². The van der Waals surface area contributed by atoms with Crippen molar-refractivity contribution in [3.8, 4) is 11.8 Å². The van der Waals surface area contributed by atoms with Gasteiger partial charge in [0.1, 0.15) is 5.75 Å². The molecule has 0 atom stereocenters. The number of carbonyl (C=O) groups excluding carboxylic acids is 2. The fraction of sp³-hybridized carbons (Fsp3) is 0.389. The fourth-order valence-corrected chi connectivity index (χ4v) is 2.49. The van der Waals surface area contributed by atoms with E-state index in [9.17, 15) is 22.8 Å². The van der Waals surface area contributed by atoms with Crippen molar-refractivity contribution in [2.45, 2.75) is 32.7 Å². The zero-order valence-electron chi connectivity index (χ0n) is 15.9. The molecule has 1 aliphatic rings. The molecule has 2 amide bonds. The minimum Gasteiger partial charge on any atom is -0.434 e. The number of halogens is 3. The lowest BCUT2D eigenvalue weighted by molar-refractivity contribution is -0.274. The van der Waals surface area contributed by atoms with Gasteiger partial charge in [-0.3, -0.25) is 9.88 Å². The van der Waals surface area contributed by atoms with Crippen LogP contribution >= 0.6 is 0 Å². The van der Waals surface area contributed by atoms with Gasteiger partial charge in [0, 0.05) is 12.2 Å². The summed E-state index contributed by atoms with van der Waals surface area (Å²) in [5, 5.41) is 4.93.